The van der Waals surface area contributed by atoms with E-state index in [9.17, 15) is 30.0 Å². The minimum atomic E-state index is -1.59. The van der Waals surface area contributed by atoms with Gasteiger partial charge in [0.05, 0.1) is 29.7 Å². The third kappa shape index (κ3) is 4.15. The Bertz CT molecular complexity index is 1010. The first kappa shape index (κ1) is 22.4. The molecule has 2 saturated heterocycles. The molecule has 0 radical (unpaired) electrons. The fourth-order valence-electron chi connectivity index (χ4n) is 4.03. The SMILES string of the molecule is O=C1NC(=Nc2ccccc2)S[C@H]2[C@@H](O)[C@H](O)[C@@H]([C@@H](O)CO)N(C(=O)c3ccccc3)[C@@H]12. The van der Waals surface area contributed by atoms with Gasteiger partial charge in [-0.3, -0.25) is 9.59 Å². The van der Waals surface area contributed by atoms with Gasteiger partial charge in [-0.05, 0) is 24.3 Å². The fourth-order valence-corrected chi connectivity index (χ4v) is 5.28. The Kier molecular flexibility index (Phi) is 6.58. The molecule has 2 fully saturated rings. The lowest BCUT2D eigenvalue weighted by Gasteiger charge is -2.52. The molecule has 6 atom stereocenters. The lowest BCUT2D eigenvalue weighted by atomic mass is 9.85. The molecule has 10 heteroatoms. The first-order valence-electron chi connectivity index (χ1n) is 10.1. The van der Waals surface area contributed by atoms with Crippen molar-refractivity contribution >= 4 is 34.4 Å². The van der Waals surface area contributed by atoms with Gasteiger partial charge in [0.25, 0.3) is 5.91 Å². The summed E-state index contributed by atoms with van der Waals surface area (Å²) in [6.45, 7) is -0.764. The number of nitrogens with one attached hydrogen (secondary N) is 1. The molecule has 0 aliphatic carbocycles. The number of hydrogen-bond donors (Lipinski definition) is 5. The number of carbonyl (C=O) groups is 2. The van der Waals surface area contributed by atoms with Crippen molar-refractivity contribution in [1.29, 1.82) is 0 Å². The molecule has 32 heavy (non-hydrogen) atoms. The number of rotatable bonds is 4. The van der Waals surface area contributed by atoms with E-state index in [-0.39, 0.29) is 10.7 Å². The van der Waals surface area contributed by atoms with Crippen molar-refractivity contribution in [2.24, 2.45) is 4.99 Å². The van der Waals surface area contributed by atoms with E-state index in [1.165, 1.54) is 0 Å². The zero-order valence-electron chi connectivity index (χ0n) is 16.9. The maximum atomic E-state index is 13.4. The summed E-state index contributed by atoms with van der Waals surface area (Å²) in [5, 5.41) is 43.5. The van der Waals surface area contributed by atoms with Crippen molar-refractivity contribution in [3.8, 4) is 0 Å². The van der Waals surface area contributed by atoms with Crippen molar-refractivity contribution in [3.05, 3.63) is 66.2 Å². The highest BCUT2D eigenvalue weighted by Gasteiger charge is 2.57. The number of amides is 2. The molecule has 9 nitrogen and oxygen atoms in total. The number of fused-ring (bicyclic) bond motifs is 1. The second kappa shape index (κ2) is 9.39. The van der Waals surface area contributed by atoms with E-state index < -0.39 is 54.1 Å². The number of piperidine rings is 1. The predicted octanol–water partition coefficient (Wildman–Crippen LogP) is -0.126. The normalized spacial score (nSPS) is 29.9. The van der Waals surface area contributed by atoms with Crippen molar-refractivity contribution in [3.63, 3.8) is 0 Å². The maximum absolute atomic E-state index is 13.4. The highest BCUT2D eigenvalue weighted by molar-refractivity contribution is 8.14. The van der Waals surface area contributed by atoms with Crippen LogP contribution < -0.4 is 5.32 Å². The second-order valence-corrected chi connectivity index (χ2v) is 8.74. The number of carbonyl (C=O) groups excluding carboxylic acids is 2. The Morgan fingerprint density at radius 1 is 1.06 bits per heavy atom. The van der Waals surface area contributed by atoms with Crippen LogP contribution in [0, 0.1) is 0 Å². The number of amidine groups is 1. The molecule has 0 bridgehead atoms. The molecule has 0 unspecified atom stereocenters. The first-order chi connectivity index (χ1) is 15.4. The van der Waals surface area contributed by atoms with E-state index in [1.54, 1.807) is 54.6 Å². The molecule has 2 amide bonds. The highest BCUT2D eigenvalue weighted by Crippen LogP contribution is 2.38. The lowest BCUT2D eigenvalue weighted by molar-refractivity contribution is -0.145. The van der Waals surface area contributed by atoms with Gasteiger partial charge in [0.15, 0.2) is 5.17 Å². The van der Waals surface area contributed by atoms with Crippen LogP contribution in [0.3, 0.4) is 0 Å². The van der Waals surface area contributed by atoms with E-state index in [4.69, 9.17) is 0 Å². The van der Waals surface area contributed by atoms with Gasteiger partial charge in [0, 0.05) is 5.56 Å². The van der Waals surface area contributed by atoms with E-state index >= 15 is 0 Å². The average molecular weight is 458 g/mol. The molecule has 0 aromatic heterocycles. The summed E-state index contributed by atoms with van der Waals surface area (Å²) in [6, 6.07) is 14.4. The zero-order valence-corrected chi connectivity index (χ0v) is 17.7. The first-order valence-corrected chi connectivity index (χ1v) is 10.9. The van der Waals surface area contributed by atoms with Crippen molar-refractivity contribution < 1.29 is 30.0 Å². The molecule has 0 saturated carbocycles. The molecule has 0 spiro atoms. The second-order valence-electron chi connectivity index (χ2n) is 7.57. The summed E-state index contributed by atoms with van der Waals surface area (Å²) in [6.07, 6.45) is -4.61. The van der Waals surface area contributed by atoms with Gasteiger partial charge in [-0.1, -0.05) is 48.2 Å². The smallest absolute Gasteiger partial charge is 0.255 e. The van der Waals surface area contributed by atoms with E-state index in [0.29, 0.717) is 5.69 Å². The van der Waals surface area contributed by atoms with Crippen LogP contribution in [0.2, 0.25) is 0 Å². The van der Waals surface area contributed by atoms with Crippen LogP contribution in [0.25, 0.3) is 0 Å². The van der Waals surface area contributed by atoms with Crippen LogP contribution in [0.5, 0.6) is 0 Å². The van der Waals surface area contributed by atoms with Crippen LogP contribution >= 0.6 is 11.8 Å². The monoisotopic (exact) mass is 457 g/mol. The third-order valence-corrected chi connectivity index (χ3v) is 6.76. The maximum Gasteiger partial charge on any atom is 0.255 e. The summed E-state index contributed by atoms with van der Waals surface area (Å²) in [4.78, 5) is 32.0. The number of hydrogen-bond acceptors (Lipinski definition) is 8. The number of aliphatic imine (C=N–C) groups is 1. The molecule has 2 aromatic rings. The number of aliphatic hydroxyl groups is 4. The number of benzene rings is 2. The Labute approximate surface area is 188 Å². The lowest BCUT2D eigenvalue weighted by Crippen LogP contribution is -2.74. The van der Waals surface area contributed by atoms with Gasteiger partial charge in [0.1, 0.15) is 18.2 Å². The van der Waals surface area contributed by atoms with Crippen LogP contribution in [0.4, 0.5) is 5.69 Å². The summed E-state index contributed by atoms with van der Waals surface area (Å²) in [7, 11) is 0. The van der Waals surface area contributed by atoms with Crippen LogP contribution in [-0.2, 0) is 4.79 Å². The molecular formula is C22H23N3O6S. The Morgan fingerprint density at radius 3 is 2.31 bits per heavy atom. The number of para-hydroxylation sites is 1. The fraction of sp³-hybridized carbons (Fsp3) is 0.318. The van der Waals surface area contributed by atoms with E-state index in [1.807, 2.05) is 6.07 Å². The summed E-state index contributed by atoms with van der Waals surface area (Å²) >= 11 is 1.03. The number of thioether (sulfide) groups is 1. The molecule has 4 rings (SSSR count). The molecule has 2 aliphatic rings. The van der Waals surface area contributed by atoms with Gasteiger partial charge in [-0.25, -0.2) is 4.99 Å². The van der Waals surface area contributed by atoms with Crippen molar-refractivity contribution in [2.45, 2.75) is 35.6 Å². The molecule has 5 N–H and O–H groups in total. The number of nitrogens with zero attached hydrogens (tertiary/aromatic N) is 2. The number of likely N-dealkylation sites (tertiary alicyclic amines) is 1. The Balaban J connectivity index is 1.73. The quantitative estimate of drug-likeness (QED) is 0.431. The molecule has 2 heterocycles. The summed E-state index contributed by atoms with van der Waals surface area (Å²) in [5.41, 5.74) is 0.830. The molecule has 2 aliphatic heterocycles. The summed E-state index contributed by atoms with van der Waals surface area (Å²) < 4.78 is 0. The van der Waals surface area contributed by atoms with Crippen molar-refractivity contribution in [2.75, 3.05) is 6.61 Å². The highest BCUT2D eigenvalue weighted by atomic mass is 32.2. The van der Waals surface area contributed by atoms with Gasteiger partial charge in [-0.2, -0.15) is 0 Å². The van der Waals surface area contributed by atoms with Crippen LogP contribution in [0.1, 0.15) is 10.4 Å². The van der Waals surface area contributed by atoms with E-state index in [2.05, 4.69) is 10.3 Å². The largest absolute Gasteiger partial charge is 0.394 e. The Hall–Kier alpha value is -2.76. The molecule has 168 valence electrons. The van der Waals surface area contributed by atoms with Gasteiger partial charge in [0.2, 0.25) is 5.91 Å². The molecule has 2 aromatic carbocycles. The third-order valence-electron chi connectivity index (χ3n) is 5.54. The van der Waals surface area contributed by atoms with Crippen LogP contribution in [-0.4, -0.2) is 84.6 Å². The minimum absolute atomic E-state index is 0.224. The topological polar surface area (TPSA) is 143 Å². The standard InChI is InChI=1S/C22H23N3O6S/c26-11-14(27)15-17(28)18(29)19-16(25(15)21(31)12-7-3-1-4-8-12)20(30)24-22(32-19)23-13-9-5-2-6-10-13/h1-10,14-19,26-29H,11H2,(H,23,24,30)/t14-,15+,16+,17+,18-,19+/m0/s1. The number of aliphatic hydroxyl groups excluding tert-OH is 4. The Morgan fingerprint density at radius 2 is 1.69 bits per heavy atom. The van der Waals surface area contributed by atoms with E-state index in [0.717, 1.165) is 16.7 Å². The minimum Gasteiger partial charge on any atom is -0.394 e. The van der Waals surface area contributed by atoms with Gasteiger partial charge in [-0.15, -0.1) is 0 Å². The zero-order chi connectivity index (χ0) is 22.8. The summed E-state index contributed by atoms with van der Waals surface area (Å²) in [5.74, 6) is -1.21. The van der Waals surface area contributed by atoms with Gasteiger partial charge < -0.3 is 30.6 Å². The van der Waals surface area contributed by atoms with Gasteiger partial charge >= 0.3 is 0 Å². The molecular weight excluding hydrogens is 434 g/mol. The van der Waals surface area contributed by atoms with Crippen LogP contribution in [0.15, 0.2) is 65.7 Å². The van der Waals surface area contributed by atoms with Crippen molar-refractivity contribution in [1.82, 2.24) is 10.2 Å². The average Bonchev–Trinajstić information content (AvgIpc) is 2.81. The predicted molar refractivity (Wildman–Crippen MR) is 118 cm³/mol.